The van der Waals surface area contributed by atoms with Crippen molar-refractivity contribution < 1.29 is 23.1 Å². The number of aromatic amines is 1. The van der Waals surface area contributed by atoms with E-state index in [2.05, 4.69) is 16.0 Å². The number of terminal acetylenes is 1. The number of nitrogens with one attached hydrogen (secondary N) is 2. The first-order valence-electron chi connectivity index (χ1n) is 4.27. The van der Waals surface area contributed by atoms with Crippen LogP contribution in [0.1, 0.15) is 24.1 Å². The summed E-state index contributed by atoms with van der Waals surface area (Å²) in [4.78, 5) is 13.5. The van der Waals surface area contributed by atoms with Crippen LogP contribution in [-0.4, -0.2) is 26.4 Å². The van der Waals surface area contributed by atoms with Gasteiger partial charge in [0.2, 0.25) is 0 Å². The molecule has 1 atom stereocenters. The van der Waals surface area contributed by atoms with Gasteiger partial charge in [0, 0.05) is 6.42 Å². The highest BCUT2D eigenvalue weighted by atomic mass is 19.4. The minimum Gasteiger partial charge on any atom is -0.465 e. The van der Waals surface area contributed by atoms with E-state index in [1.807, 2.05) is 10.4 Å². The molecule has 1 aromatic heterocycles. The molecule has 0 saturated carbocycles. The van der Waals surface area contributed by atoms with E-state index in [4.69, 9.17) is 11.5 Å². The van der Waals surface area contributed by atoms with E-state index >= 15 is 0 Å². The molecule has 92 valence electrons. The molecule has 1 heterocycles. The Kier molecular flexibility index (Phi) is 3.57. The number of aromatic nitrogens is 3. The lowest BCUT2D eigenvalue weighted by Crippen LogP contribution is -2.27. The summed E-state index contributed by atoms with van der Waals surface area (Å²) in [7, 11) is 0. The maximum absolute atomic E-state index is 12.2. The number of hydrogen-bond donors (Lipinski definition) is 3. The van der Waals surface area contributed by atoms with Gasteiger partial charge in [-0.2, -0.15) is 13.2 Å². The maximum atomic E-state index is 12.2. The van der Waals surface area contributed by atoms with E-state index in [1.54, 1.807) is 0 Å². The van der Waals surface area contributed by atoms with E-state index in [1.165, 1.54) is 0 Å². The van der Waals surface area contributed by atoms with Crippen LogP contribution in [0.5, 0.6) is 0 Å². The Balaban J connectivity index is 2.92. The van der Waals surface area contributed by atoms with Gasteiger partial charge in [0.1, 0.15) is 11.9 Å². The number of amides is 1. The molecule has 1 amide bonds. The van der Waals surface area contributed by atoms with Crippen LogP contribution in [0.25, 0.3) is 0 Å². The fraction of sp³-hybridized carbons (Fsp3) is 0.375. The molecule has 0 saturated heterocycles. The third-order valence-corrected chi connectivity index (χ3v) is 1.71. The Hall–Kier alpha value is -2.24. The third-order valence-electron chi connectivity index (χ3n) is 1.71. The highest BCUT2D eigenvalue weighted by Gasteiger charge is 2.36. The van der Waals surface area contributed by atoms with Gasteiger partial charge in [-0.25, -0.2) is 9.78 Å². The second kappa shape index (κ2) is 4.73. The second-order valence-electron chi connectivity index (χ2n) is 2.95. The molecule has 0 fully saturated rings. The molecular formula is C8H7F3N4O2. The summed E-state index contributed by atoms with van der Waals surface area (Å²) in [5, 5.41) is 15.3. The van der Waals surface area contributed by atoms with Gasteiger partial charge >= 0.3 is 12.3 Å². The first kappa shape index (κ1) is 12.8. The minimum atomic E-state index is -4.70. The Morgan fingerprint density at radius 1 is 1.65 bits per heavy atom. The van der Waals surface area contributed by atoms with Crippen LogP contribution < -0.4 is 5.32 Å². The van der Waals surface area contributed by atoms with Crippen molar-refractivity contribution in [3.8, 4) is 12.3 Å². The zero-order valence-corrected chi connectivity index (χ0v) is 8.25. The fourth-order valence-electron chi connectivity index (χ4n) is 1.04. The van der Waals surface area contributed by atoms with E-state index in [0.29, 0.717) is 0 Å². The Bertz CT molecular complexity index is 448. The van der Waals surface area contributed by atoms with E-state index in [-0.39, 0.29) is 12.2 Å². The minimum absolute atomic E-state index is 0.140. The summed E-state index contributed by atoms with van der Waals surface area (Å²) in [6.45, 7) is 0. The van der Waals surface area contributed by atoms with Crippen LogP contribution in [0.3, 0.4) is 0 Å². The molecule has 0 aliphatic heterocycles. The van der Waals surface area contributed by atoms with E-state index in [0.717, 1.165) is 0 Å². The van der Waals surface area contributed by atoms with Crippen LogP contribution in [-0.2, 0) is 6.18 Å². The molecule has 0 aliphatic rings. The molecule has 0 radical (unpaired) electrons. The van der Waals surface area contributed by atoms with Crippen LogP contribution in [0.2, 0.25) is 0 Å². The van der Waals surface area contributed by atoms with Crippen molar-refractivity contribution >= 4 is 6.09 Å². The Labute approximate surface area is 93.2 Å². The molecule has 0 aliphatic carbocycles. The van der Waals surface area contributed by atoms with Gasteiger partial charge in [0.15, 0.2) is 0 Å². The van der Waals surface area contributed by atoms with Gasteiger partial charge < -0.3 is 10.4 Å². The number of H-pyrrole nitrogens is 1. The lowest BCUT2D eigenvalue weighted by molar-refractivity contribution is -0.144. The summed E-state index contributed by atoms with van der Waals surface area (Å²) < 4.78 is 36.6. The molecule has 1 rings (SSSR count). The van der Waals surface area contributed by atoms with Gasteiger partial charge in [-0.1, -0.05) is 0 Å². The smallest absolute Gasteiger partial charge is 0.453 e. The molecule has 9 heteroatoms. The van der Waals surface area contributed by atoms with Gasteiger partial charge in [-0.3, -0.25) is 5.10 Å². The number of carboxylic acid groups (broad SMARTS) is 1. The van der Waals surface area contributed by atoms with E-state index in [9.17, 15) is 18.0 Å². The number of carbonyl (C=O) groups is 1. The van der Waals surface area contributed by atoms with E-state index < -0.39 is 24.1 Å². The van der Waals surface area contributed by atoms with Crippen LogP contribution >= 0.6 is 0 Å². The maximum Gasteiger partial charge on any atom is 0.453 e. The molecular weight excluding hydrogens is 241 g/mol. The second-order valence-corrected chi connectivity index (χ2v) is 2.95. The van der Waals surface area contributed by atoms with Crippen molar-refractivity contribution in [1.29, 1.82) is 0 Å². The number of nitrogens with zero attached hydrogens (tertiary/aromatic N) is 2. The first-order valence-corrected chi connectivity index (χ1v) is 4.27. The average Bonchev–Trinajstić information content (AvgIpc) is 2.64. The van der Waals surface area contributed by atoms with Crippen molar-refractivity contribution in [2.75, 3.05) is 0 Å². The largest absolute Gasteiger partial charge is 0.465 e. The zero-order chi connectivity index (χ0) is 13.1. The van der Waals surface area contributed by atoms with Gasteiger partial charge in [-0.15, -0.1) is 17.4 Å². The van der Waals surface area contributed by atoms with Crippen LogP contribution in [0, 0.1) is 12.3 Å². The van der Waals surface area contributed by atoms with Crippen molar-refractivity contribution in [3.05, 3.63) is 11.6 Å². The summed E-state index contributed by atoms with van der Waals surface area (Å²) in [6, 6.07) is -1.05. The summed E-state index contributed by atoms with van der Waals surface area (Å²) in [6.07, 6.45) is -1.29. The van der Waals surface area contributed by atoms with Crippen LogP contribution in [0.4, 0.5) is 18.0 Å². The topological polar surface area (TPSA) is 90.9 Å². The number of hydrogen-bond acceptors (Lipinski definition) is 3. The van der Waals surface area contributed by atoms with Crippen molar-refractivity contribution in [2.24, 2.45) is 0 Å². The average molecular weight is 248 g/mol. The van der Waals surface area contributed by atoms with Crippen molar-refractivity contribution in [3.63, 3.8) is 0 Å². The summed E-state index contributed by atoms with van der Waals surface area (Å²) >= 11 is 0. The zero-order valence-electron chi connectivity index (χ0n) is 8.25. The third kappa shape index (κ3) is 3.37. The number of alkyl halides is 3. The monoisotopic (exact) mass is 248 g/mol. The molecule has 6 nitrogen and oxygen atoms in total. The highest BCUT2D eigenvalue weighted by Crippen LogP contribution is 2.26. The van der Waals surface area contributed by atoms with Gasteiger partial charge in [-0.05, 0) is 0 Å². The fourth-order valence-corrected chi connectivity index (χ4v) is 1.04. The molecule has 0 spiro atoms. The summed E-state index contributed by atoms with van der Waals surface area (Å²) in [5.74, 6) is 0.471. The molecule has 17 heavy (non-hydrogen) atoms. The Morgan fingerprint density at radius 3 is 2.71 bits per heavy atom. The number of halogens is 3. The predicted molar refractivity (Wildman–Crippen MR) is 48.7 cm³/mol. The molecule has 1 aromatic rings. The first-order chi connectivity index (χ1) is 7.84. The Morgan fingerprint density at radius 2 is 2.29 bits per heavy atom. The lowest BCUT2D eigenvalue weighted by Gasteiger charge is -2.10. The SMILES string of the molecule is C#CC[C@H](NC(=O)O)c1nc(C(F)(F)F)n[nH]1. The highest BCUT2D eigenvalue weighted by molar-refractivity contribution is 5.65. The van der Waals surface area contributed by atoms with Crippen LogP contribution in [0.15, 0.2) is 0 Å². The molecule has 0 unspecified atom stereocenters. The number of rotatable bonds is 3. The quantitative estimate of drug-likeness (QED) is 0.700. The van der Waals surface area contributed by atoms with Gasteiger partial charge in [0.25, 0.3) is 5.82 Å². The van der Waals surface area contributed by atoms with Gasteiger partial charge in [0.05, 0.1) is 0 Å². The summed E-state index contributed by atoms with van der Waals surface area (Å²) in [5.41, 5.74) is 0. The molecule has 3 N–H and O–H groups in total. The van der Waals surface area contributed by atoms with Crippen molar-refractivity contribution in [2.45, 2.75) is 18.6 Å². The molecule has 0 aromatic carbocycles. The lowest BCUT2D eigenvalue weighted by atomic mass is 10.2. The normalized spacial score (nSPS) is 12.8. The van der Waals surface area contributed by atoms with Crippen molar-refractivity contribution in [1.82, 2.24) is 20.5 Å². The predicted octanol–water partition coefficient (Wildman–Crippen LogP) is 1.16. The molecule has 0 bridgehead atoms. The standard InChI is InChI=1S/C8H7F3N4O2/c1-2-3-4(12-7(16)17)5-13-6(15-14-5)8(9,10)11/h1,4,12H,3H2,(H,16,17)(H,13,14,15)/t4-/m0/s1.